The molecule has 6 nitrogen and oxygen atoms in total. The lowest BCUT2D eigenvalue weighted by Crippen LogP contribution is -2.67. The van der Waals surface area contributed by atoms with E-state index in [-0.39, 0.29) is 38.1 Å². The van der Waals surface area contributed by atoms with Gasteiger partial charge in [-0.3, -0.25) is 25.1 Å². The van der Waals surface area contributed by atoms with E-state index in [2.05, 4.69) is 11.3 Å². The van der Waals surface area contributed by atoms with Crippen LogP contribution in [0.15, 0.2) is 36.4 Å². The standard InChI is InChI=1S/C13H13N3O3.CH3/c14-15-11(17)7-9-1-3-10(4-2-9)8-16-12(18)5-6-13(16)19;/h1-6H,7-8,14H2,(H,15,17);1H3/q;-1/p+1. The van der Waals surface area contributed by atoms with E-state index in [1.54, 1.807) is 24.3 Å². The van der Waals surface area contributed by atoms with Crippen molar-refractivity contribution in [2.45, 2.75) is 13.0 Å². The molecule has 0 spiro atoms. The molecule has 1 aliphatic heterocycles. The summed E-state index contributed by atoms with van der Waals surface area (Å²) in [6, 6.07) is 7.18. The molecule has 4 N–H and O–H groups in total. The zero-order valence-electron chi connectivity index (χ0n) is 11.3. The molecule has 2 rings (SSSR count). The summed E-state index contributed by atoms with van der Waals surface area (Å²) in [5.41, 5.74) is 3.99. The van der Waals surface area contributed by atoms with Crippen LogP contribution < -0.4 is 11.3 Å². The van der Waals surface area contributed by atoms with Crippen LogP contribution in [0, 0.1) is 7.43 Å². The predicted octanol–water partition coefficient (Wildman–Crippen LogP) is -0.623. The fraction of sp³-hybridized carbons (Fsp3) is 0.143. The van der Waals surface area contributed by atoms with Gasteiger partial charge in [0.05, 0.1) is 13.0 Å². The van der Waals surface area contributed by atoms with Gasteiger partial charge in [-0.15, -0.1) is 0 Å². The largest absolute Gasteiger partial charge is 0.358 e. The molecule has 1 aliphatic rings. The first kappa shape index (κ1) is 15.6. The van der Waals surface area contributed by atoms with Crippen molar-refractivity contribution in [3.8, 4) is 0 Å². The third kappa shape index (κ3) is 3.52. The van der Waals surface area contributed by atoms with Crippen molar-refractivity contribution in [3.05, 3.63) is 55.0 Å². The second-order valence-corrected chi connectivity index (χ2v) is 4.19. The SMILES string of the molecule is [CH3-].[NH3+]NC(=O)Cc1ccc(CN2C(=O)C=CC2=O)cc1. The highest BCUT2D eigenvalue weighted by molar-refractivity contribution is 6.12. The van der Waals surface area contributed by atoms with Crippen LogP contribution in [0.25, 0.3) is 0 Å². The van der Waals surface area contributed by atoms with Crippen molar-refractivity contribution >= 4 is 17.7 Å². The number of benzene rings is 1. The van der Waals surface area contributed by atoms with E-state index in [0.717, 1.165) is 16.0 Å². The summed E-state index contributed by atoms with van der Waals surface area (Å²) >= 11 is 0. The van der Waals surface area contributed by atoms with Crippen molar-refractivity contribution in [2.75, 3.05) is 0 Å². The van der Waals surface area contributed by atoms with Crippen LogP contribution in [-0.2, 0) is 27.3 Å². The molecule has 1 aromatic carbocycles. The Morgan fingerprint density at radius 1 is 1.05 bits per heavy atom. The summed E-state index contributed by atoms with van der Waals surface area (Å²) in [6.45, 7) is 0.243. The quantitative estimate of drug-likeness (QED) is 0.435. The van der Waals surface area contributed by atoms with Gasteiger partial charge in [-0.1, -0.05) is 24.3 Å². The van der Waals surface area contributed by atoms with Gasteiger partial charge in [0.2, 0.25) is 0 Å². The fourth-order valence-electron chi connectivity index (χ4n) is 1.78. The highest BCUT2D eigenvalue weighted by atomic mass is 16.2. The van der Waals surface area contributed by atoms with Crippen molar-refractivity contribution in [3.63, 3.8) is 0 Å². The number of nitrogens with one attached hydrogen (secondary N) is 1. The van der Waals surface area contributed by atoms with E-state index in [4.69, 9.17) is 0 Å². The third-order valence-electron chi connectivity index (χ3n) is 2.83. The van der Waals surface area contributed by atoms with Crippen molar-refractivity contribution in [1.29, 1.82) is 0 Å². The molecule has 6 heteroatoms. The van der Waals surface area contributed by atoms with Crippen LogP contribution in [0.1, 0.15) is 11.1 Å². The second-order valence-electron chi connectivity index (χ2n) is 4.19. The van der Waals surface area contributed by atoms with Gasteiger partial charge in [-0.05, 0) is 11.1 Å². The maximum Gasteiger partial charge on any atom is 0.269 e. The van der Waals surface area contributed by atoms with E-state index in [0.29, 0.717) is 0 Å². The Hall–Kier alpha value is -2.47. The van der Waals surface area contributed by atoms with Crippen LogP contribution in [0.4, 0.5) is 0 Å². The minimum absolute atomic E-state index is 0. The molecule has 3 amide bonds. The molecule has 0 unspecified atom stereocenters. The summed E-state index contributed by atoms with van der Waals surface area (Å²) in [6.07, 6.45) is 2.78. The Bertz CT molecular complexity index is 531. The van der Waals surface area contributed by atoms with Crippen LogP contribution in [-0.4, -0.2) is 22.6 Å². The van der Waals surface area contributed by atoms with Crippen LogP contribution in [0.5, 0.6) is 0 Å². The molecule has 0 saturated heterocycles. The first-order chi connectivity index (χ1) is 9.10. The molecule has 0 radical (unpaired) electrons. The first-order valence-corrected chi connectivity index (χ1v) is 5.77. The average molecular weight is 275 g/mol. The number of hydrogen-bond acceptors (Lipinski definition) is 3. The van der Waals surface area contributed by atoms with Crippen LogP contribution in [0.3, 0.4) is 0 Å². The molecular formula is C14H17N3O3. The first-order valence-electron chi connectivity index (χ1n) is 5.77. The van der Waals surface area contributed by atoms with Gasteiger partial charge in [0.25, 0.3) is 17.7 Å². The summed E-state index contributed by atoms with van der Waals surface area (Å²) in [5.74, 6) is 2.53. The Kier molecular flexibility index (Phi) is 5.16. The summed E-state index contributed by atoms with van der Waals surface area (Å²) in [5, 5.41) is 0. The monoisotopic (exact) mass is 275 g/mol. The zero-order valence-corrected chi connectivity index (χ0v) is 11.3. The fourth-order valence-corrected chi connectivity index (χ4v) is 1.78. The lowest BCUT2D eigenvalue weighted by atomic mass is 10.1. The molecule has 0 aliphatic carbocycles. The molecule has 0 saturated carbocycles. The second kappa shape index (κ2) is 6.63. The van der Waals surface area contributed by atoms with E-state index < -0.39 is 0 Å². The highest BCUT2D eigenvalue weighted by Gasteiger charge is 2.23. The number of carbonyl (C=O) groups is 3. The Labute approximate surface area is 117 Å². The number of amides is 3. The molecule has 0 fully saturated rings. The summed E-state index contributed by atoms with van der Waals surface area (Å²) < 4.78 is 0. The summed E-state index contributed by atoms with van der Waals surface area (Å²) in [4.78, 5) is 35.1. The Balaban J connectivity index is 0.00000200. The average Bonchev–Trinajstić information content (AvgIpc) is 2.72. The maximum atomic E-state index is 11.4. The zero-order chi connectivity index (χ0) is 13.8. The van der Waals surface area contributed by atoms with E-state index >= 15 is 0 Å². The number of quaternary nitrogens is 1. The molecule has 1 heterocycles. The number of imide groups is 1. The molecule has 106 valence electrons. The molecule has 1 aromatic rings. The Morgan fingerprint density at radius 3 is 2.05 bits per heavy atom. The van der Waals surface area contributed by atoms with Crippen molar-refractivity contribution in [2.24, 2.45) is 0 Å². The van der Waals surface area contributed by atoms with Gasteiger partial charge < -0.3 is 7.43 Å². The van der Waals surface area contributed by atoms with E-state index in [9.17, 15) is 14.4 Å². The number of rotatable bonds is 4. The Morgan fingerprint density at radius 2 is 1.55 bits per heavy atom. The minimum Gasteiger partial charge on any atom is -0.358 e. The topological polar surface area (TPSA) is 94.1 Å². The lowest BCUT2D eigenvalue weighted by Gasteiger charge is -2.13. The van der Waals surface area contributed by atoms with Crippen LogP contribution >= 0.6 is 0 Å². The van der Waals surface area contributed by atoms with Gasteiger partial charge in [0, 0.05) is 12.2 Å². The van der Waals surface area contributed by atoms with Gasteiger partial charge in [0.15, 0.2) is 0 Å². The molecule has 0 atom stereocenters. The predicted molar refractivity (Wildman–Crippen MR) is 72.3 cm³/mol. The van der Waals surface area contributed by atoms with E-state index in [1.165, 1.54) is 12.2 Å². The molecule has 20 heavy (non-hydrogen) atoms. The third-order valence-corrected chi connectivity index (χ3v) is 2.83. The number of carbonyl (C=O) groups excluding carboxylic acids is 3. The summed E-state index contributed by atoms with van der Waals surface area (Å²) in [7, 11) is 0. The molecule has 0 aromatic heterocycles. The maximum absolute atomic E-state index is 11.4. The van der Waals surface area contributed by atoms with Crippen molar-refractivity contribution in [1.82, 2.24) is 10.3 Å². The highest BCUT2D eigenvalue weighted by Crippen LogP contribution is 2.12. The molecule has 0 bridgehead atoms. The lowest BCUT2D eigenvalue weighted by molar-refractivity contribution is -0.427. The number of hydrogen-bond donors (Lipinski definition) is 2. The minimum atomic E-state index is -0.300. The van der Waals surface area contributed by atoms with Crippen molar-refractivity contribution < 1.29 is 20.2 Å². The normalized spacial score (nSPS) is 13.3. The molecular weight excluding hydrogens is 258 g/mol. The smallest absolute Gasteiger partial charge is 0.269 e. The number of nitrogens with zero attached hydrogens (tertiary/aromatic N) is 1. The van der Waals surface area contributed by atoms with Gasteiger partial charge >= 0.3 is 0 Å². The van der Waals surface area contributed by atoms with Crippen LogP contribution in [0.2, 0.25) is 0 Å². The van der Waals surface area contributed by atoms with Gasteiger partial charge in [-0.2, -0.15) is 0 Å². The van der Waals surface area contributed by atoms with E-state index in [1.807, 2.05) is 0 Å². The van der Waals surface area contributed by atoms with Gasteiger partial charge in [0.1, 0.15) is 0 Å². The van der Waals surface area contributed by atoms with Gasteiger partial charge in [-0.25, -0.2) is 5.43 Å².